The number of benzene rings is 2. The maximum absolute atomic E-state index is 12.5. The van der Waals surface area contributed by atoms with Gasteiger partial charge < -0.3 is 4.90 Å². The molecule has 2 nitrogen and oxygen atoms in total. The van der Waals surface area contributed by atoms with Crippen LogP contribution in [0, 0.1) is 0 Å². The van der Waals surface area contributed by atoms with Crippen molar-refractivity contribution in [3.05, 3.63) is 64.1 Å². The van der Waals surface area contributed by atoms with Crippen LogP contribution < -0.4 is 4.90 Å². The fourth-order valence-electron chi connectivity index (χ4n) is 1.88. The zero-order valence-corrected chi connectivity index (χ0v) is 11.9. The van der Waals surface area contributed by atoms with Crippen LogP contribution in [0.3, 0.4) is 0 Å². The Bertz CT molecular complexity index is 564. The highest BCUT2D eigenvalue weighted by molar-refractivity contribution is 6.35. The highest BCUT2D eigenvalue weighted by atomic mass is 35.5. The third-order valence-electron chi connectivity index (χ3n) is 2.74. The van der Waals surface area contributed by atoms with Gasteiger partial charge in [-0.1, -0.05) is 41.4 Å². The lowest BCUT2D eigenvalue weighted by atomic mass is 10.2. The van der Waals surface area contributed by atoms with Crippen molar-refractivity contribution < 1.29 is 4.79 Å². The van der Waals surface area contributed by atoms with E-state index in [0.717, 1.165) is 5.69 Å². The van der Waals surface area contributed by atoms with Gasteiger partial charge in [-0.3, -0.25) is 4.79 Å². The van der Waals surface area contributed by atoms with E-state index in [-0.39, 0.29) is 5.91 Å². The molecule has 0 radical (unpaired) electrons. The van der Waals surface area contributed by atoms with Crippen molar-refractivity contribution >= 4 is 34.8 Å². The molecule has 0 fully saturated rings. The molecule has 4 heteroatoms. The quantitative estimate of drug-likeness (QED) is 0.806. The molecule has 0 aromatic heterocycles. The molecule has 2 aromatic carbocycles. The van der Waals surface area contributed by atoms with E-state index in [0.29, 0.717) is 22.2 Å². The largest absolute Gasteiger partial charge is 0.309 e. The second kappa shape index (κ2) is 6.09. The average molecular weight is 294 g/mol. The summed E-state index contributed by atoms with van der Waals surface area (Å²) in [6.07, 6.45) is 0. The van der Waals surface area contributed by atoms with Gasteiger partial charge in [-0.25, -0.2) is 0 Å². The zero-order chi connectivity index (χ0) is 13.8. The standard InChI is InChI=1S/C15H13Cl2NO/c1-2-18(14-6-4-3-5-7-14)15(19)11-8-12(16)10-13(17)9-11/h3-10H,2H2,1H3. The van der Waals surface area contributed by atoms with Crippen LogP contribution in [0.2, 0.25) is 10.0 Å². The number of carbonyl (C=O) groups excluding carboxylic acids is 1. The molecule has 0 aliphatic heterocycles. The summed E-state index contributed by atoms with van der Waals surface area (Å²) >= 11 is 11.9. The summed E-state index contributed by atoms with van der Waals surface area (Å²) in [4.78, 5) is 14.2. The molecule has 2 rings (SSSR count). The second-order valence-electron chi connectivity index (χ2n) is 4.04. The molecule has 0 spiro atoms. The van der Waals surface area contributed by atoms with Gasteiger partial charge in [0.05, 0.1) is 0 Å². The fraction of sp³-hybridized carbons (Fsp3) is 0.133. The van der Waals surface area contributed by atoms with E-state index < -0.39 is 0 Å². The summed E-state index contributed by atoms with van der Waals surface area (Å²) in [5, 5.41) is 0.917. The summed E-state index contributed by atoms with van der Waals surface area (Å²) in [6.45, 7) is 2.50. The van der Waals surface area contributed by atoms with E-state index in [1.165, 1.54) is 0 Å². The third-order valence-corrected chi connectivity index (χ3v) is 3.18. The van der Waals surface area contributed by atoms with E-state index in [1.54, 1.807) is 23.1 Å². The normalized spacial score (nSPS) is 10.3. The van der Waals surface area contributed by atoms with Crippen LogP contribution in [0.15, 0.2) is 48.5 Å². The van der Waals surface area contributed by atoms with Gasteiger partial charge in [-0.2, -0.15) is 0 Å². The zero-order valence-electron chi connectivity index (χ0n) is 10.4. The molecule has 1 amide bonds. The first kappa shape index (κ1) is 13.9. The lowest BCUT2D eigenvalue weighted by Gasteiger charge is -2.21. The lowest BCUT2D eigenvalue weighted by Crippen LogP contribution is -2.30. The minimum Gasteiger partial charge on any atom is -0.309 e. The van der Waals surface area contributed by atoms with Crippen LogP contribution in [-0.2, 0) is 0 Å². The van der Waals surface area contributed by atoms with Crippen molar-refractivity contribution in [2.24, 2.45) is 0 Å². The molecule has 0 heterocycles. The number of rotatable bonds is 3. The van der Waals surface area contributed by atoms with Gasteiger partial charge in [-0.05, 0) is 37.3 Å². The van der Waals surface area contributed by atoms with Gasteiger partial charge in [0.2, 0.25) is 0 Å². The molecule has 2 aromatic rings. The number of nitrogens with zero attached hydrogens (tertiary/aromatic N) is 1. The van der Waals surface area contributed by atoms with Crippen LogP contribution in [0.1, 0.15) is 17.3 Å². The maximum Gasteiger partial charge on any atom is 0.258 e. The molecule has 0 atom stereocenters. The number of anilines is 1. The molecule has 0 saturated heterocycles. The van der Waals surface area contributed by atoms with Gasteiger partial charge in [0.1, 0.15) is 0 Å². The van der Waals surface area contributed by atoms with Crippen LogP contribution in [0.5, 0.6) is 0 Å². The fourth-order valence-corrected chi connectivity index (χ4v) is 2.41. The second-order valence-corrected chi connectivity index (χ2v) is 4.92. The van der Waals surface area contributed by atoms with Crippen molar-refractivity contribution in [3.63, 3.8) is 0 Å². The summed E-state index contributed by atoms with van der Waals surface area (Å²) < 4.78 is 0. The minimum atomic E-state index is -0.113. The number of para-hydroxylation sites is 1. The lowest BCUT2D eigenvalue weighted by molar-refractivity contribution is 0.0988. The molecule has 0 aliphatic rings. The Hall–Kier alpha value is -1.51. The predicted molar refractivity (Wildman–Crippen MR) is 80.3 cm³/mol. The van der Waals surface area contributed by atoms with E-state index in [2.05, 4.69) is 0 Å². The van der Waals surface area contributed by atoms with Crippen molar-refractivity contribution in [2.45, 2.75) is 6.92 Å². The van der Waals surface area contributed by atoms with Gasteiger partial charge in [-0.15, -0.1) is 0 Å². The van der Waals surface area contributed by atoms with Crippen LogP contribution in [-0.4, -0.2) is 12.5 Å². The Morgan fingerprint density at radius 1 is 1.05 bits per heavy atom. The molecular formula is C15H13Cl2NO. The Morgan fingerprint density at radius 3 is 2.16 bits per heavy atom. The Balaban J connectivity index is 2.36. The van der Waals surface area contributed by atoms with Crippen molar-refractivity contribution in [1.29, 1.82) is 0 Å². The first-order valence-electron chi connectivity index (χ1n) is 5.95. The van der Waals surface area contributed by atoms with Crippen molar-refractivity contribution in [2.75, 3.05) is 11.4 Å². The van der Waals surface area contributed by atoms with Crippen LogP contribution >= 0.6 is 23.2 Å². The monoisotopic (exact) mass is 293 g/mol. The van der Waals surface area contributed by atoms with Gasteiger partial charge in [0, 0.05) is 27.8 Å². The van der Waals surface area contributed by atoms with E-state index >= 15 is 0 Å². The van der Waals surface area contributed by atoms with Crippen molar-refractivity contribution in [1.82, 2.24) is 0 Å². The Kier molecular flexibility index (Phi) is 4.46. The summed E-state index contributed by atoms with van der Waals surface area (Å²) in [5.74, 6) is -0.113. The number of hydrogen-bond acceptors (Lipinski definition) is 1. The number of amides is 1. The maximum atomic E-state index is 12.5. The Morgan fingerprint density at radius 2 is 1.63 bits per heavy atom. The smallest absolute Gasteiger partial charge is 0.258 e. The molecule has 0 aliphatic carbocycles. The van der Waals surface area contributed by atoms with Gasteiger partial charge in [0.25, 0.3) is 5.91 Å². The number of carbonyl (C=O) groups is 1. The van der Waals surface area contributed by atoms with Gasteiger partial charge in [0.15, 0.2) is 0 Å². The molecule has 0 saturated carbocycles. The van der Waals surface area contributed by atoms with E-state index in [9.17, 15) is 4.79 Å². The molecule has 0 unspecified atom stereocenters. The molecule has 19 heavy (non-hydrogen) atoms. The van der Waals surface area contributed by atoms with Gasteiger partial charge >= 0.3 is 0 Å². The predicted octanol–water partition coefficient (Wildman–Crippen LogP) is 4.66. The van der Waals surface area contributed by atoms with Crippen LogP contribution in [0.4, 0.5) is 5.69 Å². The van der Waals surface area contributed by atoms with Crippen LogP contribution in [0.25, 0.3) is 0 Å². The highest BCUT2D eigenvalue weighted by Gasteiger charge is 2.16. The molecule has 0 N–H and O–H groups in total. The third kappa shape index (κ3) is 3.28. The molecule has 98 valence electrons. The SMILES string of the molecule is CCN(C(=O)c1cc(Cl)cc(Cl)c1)c1ccccc1. The first-order valence-corrected chi connectivity index (χ1v) is 6.70. The topological polar surface area (TPSA) is 20.3 Å². The summed E-state index contributed by atoms with van der Waals surface area (Å²) in [7, 11) is 0. The van der Waals surface area contributed by atoms with E-state index in [4.69, 9.17) is 23.2 Å². The average Bonchev–Trinajstić information content (AvgIpc) is 2.39. The number of hydrogen-bond donors (Lipinski definition) is 0. The van der Waals surface area contributed by atoms with E-state index in [1.807, 2.05) is 37.3 Å². The first-order chi connectivity index (χ1) is 9.11. The minimum absolute atomic E-state index is 0.113. The number of halogens is 2. The summed E-state index contributed by atoms with van der Waals surface area (Å²) in [5.41, 5.74) is 1.34. The van der Waals surface area contributed by atoms with Crippen molar-refractivity contribution in [3.8, 4) is 0 Å². The Labute approximate surface area is 122 Å². The molecular weight excluding hydrogens is 281 g/mol. The molecule has 0 bridgehead atoms. The highest BCUT2D eigenvalue weighted by Crippen LogP contribution is 2.22. The summed E-state index contributed by atoms with van der Waals surface area (Å²) in [6, 6.07) is 14.4.